The predicted molar refractivity (Wildman–Crippen MR) is 123 cm³/mol. The first-order valence-corrected chi connectivity index (χ1v) is 11.0. The molecule has 1 N–H and O–H groups in total. The molecule has 1 aliphatic carbocycles. The van der Waals surface area contributed by atoms with E-state index in [-0.39, 0.29) is 22.6 Å². The minimum Gasteiger partial charge on any atom is -0.507 e. The van der Waals surface area contributed by atoms with E-state index in [0.29, 0.717) is 16.8 Å². The number of aromatic nitrogens is 3. The van der Waals surface area contributed by atoms with Gasteiger partial charge in [0.1, 0.15) is 11.9 Å². The summed E-state index contributed by atoms with van der Waals surface area (Å²) in [6.07, 6.45) is 0.727. The van der Waals surface area contributed by atoms with Crippen molar-refractivity contribution < 1.29 is 14.2 Å². The van der Waals surface area contributed by atoms with Crippen LogP contribution < -0.4 is 10.3 Å². The van der Waals surface area contributed by atoms with Crippen molar-refractivity contribution in [3.05, 3.63) is 59.0 Å². The number of fused-ring (bicyclic) bond motifs is 2. The van der Waals surface area contributed by atoms with Crippen LogP contribution in [0.15, 0.2) is 53.5 Å². The highest BCUT2D eigenvalue weighted by Gasteiger charge is 2.66. The summed E-state index contributed by atoms with van der Waals surface area (Å²) in [6, 6.07) is 11.8. The number of halogens is 1. The fraction of sp³-hybridized carbons (Fsp3) is 0.400. The van der Waals surface area contributed by atoms with Gasteiger partial charge in [-0.2, -0.15) is 0 Å². The average molecular weight is 451 g/mol. The lowest BCUT2D eigenvalue weighted by Crippen LogP contribution is -2.56. The second-order valence-electron chi connectivity index (χ2n) is 9.84. The summed E-state index contributed by atoms with van der Waals surface area (Å²) in [7, 11) is 3.64. The third kappa shape index (κ3) is 3.40. The molecule has 0 spiro atoms. The van der Waals surface area contributed by atoms with E-state index in [1.54, 1.807) is 37.5 Å². The van der Waals surface area contributed by atoms with Gasteiger partial charge < -0.3 is 14.4 Å². The van der Waals surface area contributed by atoms with Crippen molar-refractivity contribution in [3.8, 4) is 34.0 Å². The molecule has 3 heterocycles. The zero-order valence-corrected chi connectivity index (χ0v) is 19.1. The maximum absolute atomic E-state index is 15.2. The summed E-state index contributed by atoms with van der Waals surface area (Å²) in [5, 5.41) is 18.9. The van der Waals surface area contributed by atoms with Crippen molar-refractivity contribution in [2.45, 2.75) is 38.1 Å². The quantitative estimate of drug-likeness (QED) is 0.656. The number of nitrogens with zero attached hydrogens (tertiary/aromatic N) is 4. The van der Waals surface area contributed by atoms with Crippen molar-refractivity contribution in [2.75, 3.05) is 13.6 Å². The number of hydrogen-bond acceptors (Lipinski definition) is 6. The minimum atomic E-state index is -1.12. The van der Waals surface area contributed by atoms with Crippen LogP contribution in [0.25, 0.3) is 22.4 Å². The Kier molecular flexibility index (Phi) is 4.83. The molecule has 0 radical (unpaired) electrons. The molecule has 8 heteroatoms. The Morgan fingerprint density at radius 3 is 2.45 bits per heavy atom. The number of phenolic OH excluding ortho intramolecular Hbond substituents is 1. The number of phenols is 1. The Balaban J connectivity index is 1.36. The lowest BCUT2D eigenvalue weighted by Gasteiger charge is -2.41. The first kappa shape index (κ1) is 21.6. The van der Waals surface area contributed by atoms with Gasteiger partial charge in [0.05, 0.1) is 11.2 Å². The maximum atomic E-state index is 15.2. The lowest BCUT2D eigenvalue weighted by atomic mass is 9.87. The molecule has 2 aliphatic rings. The molecule has 0 amide bonds. The molecule has 4 atom stereocenters. The topological polar surface area (TPSA) is 80.5 Å². The van der Waals surface area contributed by atoms with Gasteiger partial charge in [0.2, 0.25) is 5.88 Å². The van der Waals surface area contributed by atoms with Gasteiger partial charge in [0, 0.05) is 42.9 Å². The molecule has 5 rings (SSSR count). The Hall–Kier alpha value is -3.26. The van der Waals surface area contributed by atoms with E-state index < -0.39 is 17.8 Å². The van der Waals surface area contributed by atoms with Gasteiger partial charge >= 0.3 is 0 Å². The normalized spacial score (nSPS) is 28.9. The largest absolute Gasteiger partial charge is 0.507 e. The number of pyridine rings is 1. The van der Waals surface area contributed by atoms with Crippen molar-refractivity contribution in [3.63, 3.8) is 0 Å². The summed E-state index contributed by atoms with van der Waals surface area (Å²) in [4.78, 5) is 14.0. The summed E-state index contributed by atoms with van der Waals surface area (Å²) >= 11 is 0. The van der Waals surface area contributed by atoms with Crippen molar-refractivity contribution >= 4 is 0 Å². The lowest BCUT2D eigenvalue weighted by molar-refractivity contribution is -0.0407. The van der Waals surface area contributed by atoms with Crippen molar-refractivity contribution in [2.24, 2.45) is 12.5 Å². The number of aryl methyl sites for hydroxylation is 1. The van der Waals surface area contributed by atoms with E-state index in [4.69, 9.17) is 4.74 Å². The highest BCUT2D eigenvalue weighted by molar-refractivity contribution is 5.74. The molecule has 2 fully saturated rings. The predicted octanol–water partition coefficient (Wildman–Crippen LogP) is 3.41. The second kappa shape index (κ2) is 7.38. The number of aromatic hydroxyl groups is 1. The Morgan fingerprint density at radius 2 is 1.85 bits per heavy atom. The summed E-state index contributed by atoms with van der Waals surface area (Å²) in [6.45, 7) is 4.78. The molecule has 1 aromatic carbocycles. The van der Waals surface area contributed by atoms with Gasteiger partial charge in [0.15, 0.2) is 6.17 Å². The molecule has 7 nitrogen and oxygen atoms in total. The number of benzene rings is 1. The molecule has 1 saturated heterocycles. The molecule has 1 saturated carbocycles. The van der Waals surface area contributed by atoms with Crippen molar-refractivity contribution in [1.82, 2.24) is 19.7 Å². The number of ether oxygens (including phenoxy) is 1. The molecule has 3 aromatic rings. The first-order valence-electron chi connectivity index (χ1n) is 11.0. The first-order chi connectivity index (χ1) is 15.6. The van der Waals surface area contributed by atoms with Gasteiger partial charge in [-0.15, -0.1) is 10.2 Å². The minimum absolute atomic E-state index is 0.0246. The highest BCUT2D eigenvalue weighted by Crippen LogP contribution is 2.55. The van der Waals surface area contributed by atoms with Crippen LogP contribution in [0.2, 0.25) is 0 Å². The number of alkyl halides is 1. The summed E-state index contributed by atoms with van der Waals surface area (Å²) < 4.78 is 22.7. The zero-order chi connectivity index (χ0) is 23.5. The van der Waals surface area contributed by atoms with Crippen LogP contribution >= 0.6 is 0 Å². The monoisotopic (exact) mass is 450 g/mol. The maximum Gasteiger partial charge on any atom is 0.250 e. The highest BCUT2D eigenvalue weighted by atomic mass is 19.1. The third-order valence-electron chi connectivity index (χ3n) is 7.38. The van der Waals surface area contributed by atoms with Crippen LogP contribution in [0.5, 0.6) is 11.6 Å². The van der Waals surface area contributed by atoms with E-state index in [2.05, 4.69) is 22.0 Å². The smallest absolute Gasteiger partial charge is 0.250 e. The summed E-state index contributed by atoms with van der Waals surface area (Å²) in [5.41, 5.74) is 1.48. The van der Waals surface area contributed by atoms with Gasteiger partial charge in [-0.05, 0) is 55.8 Å². The molecular formula is C25H27FN4O3. The number of rotatable bonds is 4. The van der Waals surface area contributed by atoms with E-state index in [0.717, 1.165) is 18.5 Å². The van der Waals surface area contributed by atoms with Crippen LogP contribution in [0.1, 0.15) is 20.3 Å². The van der Waals surface area contributed by atoms with Crippen LogP contribution in [-0.2, 0) is 7.05 Å². The average Bonchev–Trinajstić information content (AvgIpc) is 3.13. The second-order valence-corrected chi connectivity index (χ2v) is 9.84. The van der Waals surface area contributed by atoms with E-state index in [1.807, 2.05) is 26.1 Å². The standard InChI is InChI=1S/C25H27FN4O3/c1-24-13-25(2,30(4)14-24)22(26)23(24)33-20-8-7-18(27-28-20)17-6-5-15(11-19(17)31)16-9-10-29(3)21(32)12-16/h5-12,22-23,31H,13-14H2,1-4H3/t22-,23-,24+,25+/m0/s1. The Morgan fingerprint density at radius 1 is 1.09 bits per heavy atom. The van der Waals surface area contributed by atoms with Gasteiger partial charge in [0.25, 0.3) is 5.56 Å². The van der Waals surface area contributed by atoms with Crippen LogP contribution in [0.3, 0.4) is 0 Å². The Labute approximate surface area is 191 Å². The molecule has 2 aromatic heterocycles. The molecule has 0 unspecified atom stereocenters. The number of hydrogen-bond donors (Lipinski definition) is 1. The van der Waals surface area contributed by atoms with E-state index in [1.165, 1.54) is 10.6 Å². The molecule has 1 aliphatic heterocycles. The molecule has 172 valence electrons. The van der Waals surface area contributed by atoms with Crippen molar-refractivity contribution in [1.29, 1.82) is 0 Å². The Bertz CT molecular complexity index is 1280. The molecule has 33 heavy (non-hydrogen) atoms. The van der Waals surface area contributed by atoms with Gasteiger partial charge in [-0.1, -0.05) is 13.0 Å². The molecular weight excluding hydrogens is 423 g/mol. The number of likely N-dealkylation sites (tertiary alicyclic amines) is 1. The summed E-state index contributed by atoms with van der Waals surface area (Å²) in [5.74, 6) is 0.291. The molecule has 2 bridgehead atoms. The zero-order valence-electron chi connectivity index (χ0n) is 19.1. The SMILES string of the molecule is CN1C[C@@]2(C)C[C@]1(C)[C@@H](F)[C@@H]2Oc1ccc(-c2ccc(-c3ccn(C)c(=O)c3)cc2O)nn1. The van der Waals surface area contributed by atoms with Gasteiger partial charge in [-0.25, -0.2) is 4.39 Å². The van der Waals surface area contributed by atoms with Crippen LogP contribution in [0.4, 0.5) is 4.39 Å². The van der Waals surface area contributed by atoms with E-state index >= 15 is 4.39 Å². The van der Waals surface area contributed by atoms with Crippen LogP contribution in [-0.4, -0.2) is 56.2 Å². The third-order valence-corrected chi connectivity index (χ3v) is 7.38. The number of piperidine rings is 1. The fourth-order valence-electron chi connectivity index (χ4n) is 5.42. The van der Waals surface area contributed by atoms with E-state index in [9.17, 15) is 9.90 Å². The fourth-order valence-corrected chi connectivity index (χ4v) is 5.42. The van der Waals surface area contributed by atoms with Gasteiger partial charge in [-0.3, -0.25) is 9.69 Å². The van der Waals surface area contributed by atoms with Crippen LogP contribution in [0, 0.1) is 5.41 Å².